The van der Waals surface area contributed by atoms with E-state index in [1.807, 2.05) is 0 Å². The van der Waals surface area contributed by atoms with Crippen molar-refractivity contribution in [3.63, 3.8) is 0 Å². The Labute approximate surface area is 120 Å². The monoisotopic (exact) mass is 302 g/mol. The minimum absolute atomic E-state index is 0.0108. The van der Waals surface area contributed by atoms with E-state index in [1.54, 1.807) is 6.92 Å². The number of carbonyl (C=O) groups excluding carboxylic acids is 1. The van der Waals surface area contributed by atoms with E-state index in [-0.39, 0.29) is 25.0 Å². The molecule has 5 nitrogen and oxygen atoms in total. The Morgan fingerprint density at radius 2 is 1.86 bits per heavy atom. The SMILES string of the molecule is CCOC(=O)CCc1cc(C(F)F)cc(C(O)C(=O)O)c1. The molecule has 0 saturated heterocycles. The predicted octanol–water partition coefficient (Wildman–Crippen LogP) is 2.24. The predicted molar refractivity (Wildman–Crippen MR) is 68.9 cm³/mol. The van der Waals surface area contributed by atoms with Gasteiger partial charge in [-0.2, -0.15) is 0 Å². The fraction of sp³-hybridized carbons (Fsp3) is 0.429. The second-order valence-corrected chi connectivity index (χ2v) is 4.35. The van der Waals surface area contributed by atoms with Crippen molar-refractivity contribution < 1.29 is 33.3 Å². The van der Waals surface area contributed by atoms with Gasteiger partial charge in [0.15, 0.2) is 6.10 Å². The Morgan fingerprint density at radius 3 is 2.38 bits per heavy atom. The molecular weight excluding hydrogens is 286 g/mol. The number of hydrogen-bond acceptors (Lipinski definition) is 4. The van der Waals surface area contributed by atoms with Crippen LogP contribution in [-0.2, 0) is 20.7 Å². The largest absolute Gasteiger partial charge is 0.479 e. The van der Waals surface area contributed by atoms with Gasteiger partial charge in [-0.25, -0.2) is 13.6 Å². The molecule has 1 aromatic carbocycles. The minimum Gasteiger partial charge on any atom is -0.479 e. The number of alkyl halides is 2. The first-order valence-electron chi connectivity index (χ1n) is 6.33. The number of ether oxygens (including phenoxy) is 1. The van der Waals surface area contributed by atoms with Crippen molar-refractivity contribution in [1.82, 2.24) is 0 Å². The Balaban J connectivity index is 2.97. The van der Waals surface area contributed by atoms with Crippen LogP contribution in [0.1, 0.15) is 42.6 Å². The molecule has 21 heavy (non-hydrogen) atoms. The van der Waals surface area contributed by atoms with Gasteiger partial charge in [0.25, 0.3) is 6.43 Å². The average Bonchev–Trinajstić information content (AvgIpc) is 2.44. The van der Waals surface area contributed by atoms with E-state index < -0.39 is 30.0 Å². The van der Waals surface area contributed by atoms with Crippen molar-refractivity contribution in [3.8, 4) is 0 Å². The number of hydrogen-bond donors (Lipinski definition) is 2. The average molecular weight is 302 g/mol. The Hall–Kier alpha value is -2.02. The maximum Gasteiger partial charge on any atom is 0.337 e. The van der Waals surface area contributed by atoms with Gasteiger partial charge in [-0.3, -0.25) is 4.79 Å². The van der Waals surface area contributed by atoms with Crippen LogP contribution in [0.5, 0.6) is 0 Å². The van der Waals surface area contributed by atoms with Gasteiger partial charge < -0.3 is 14.9 Å². The number of carboxylic acids is 1. The lowest BCUT2D eigenvalue weighted by Gasteiger charge is -2.11. The third-order valence-corrected chi connectivity index (χ3v) is 2.76. The van der Waals surface area contributed by atoms with Crippen LogP contribution in [0.25, 0.3) is 0 Å². The van der Waals surface area contributed by atoms with Crippen LogP contribution in [-0.4, -0.2) is 28.8 Å². The van der Waals surface area contributed by atoms with Crippen LogP contribution in [0.15, 0.2) is 18.2 Å². The number of halogens is 2. The van der Waals surface area contributed by atoms with Gasteiger partial charge in [0, 0.05) is 12.0 Å². The zero-order valence-corrected chi connectivity index (χ0v) is 11.4. The first-order chi connectivity index (χ1) is 9.85. The molecule has 0 fully saturated rings. The smallest absolute Gasteiger partial charge is 0.337 e. The van der Waals surface area contributed by atoms with E-state index >= 15 is 0 Å². The maximum atomic E-state index is 12.8. The number of aryl methyl sites for hydroxylation is 1. The zero-order valence-electron chi connectivity index (χ0n) is 11.4. The van der Waals surface area contributed by atoms with Crippen molar-refractivity contribution in [2.45, 2.75) is 32.3 Å². The van der Waals surface area contributed by atoms with Crippen LogP contribution in [0.3, 0.4) is 0 Å². The number of carbonyl (C=O) groups is 2. The quantitative estimate of drug-likeness (QED) is 0.755. The maximum absolute atomic E-state index is 12.8. The van der Waals surface area contributed by atoms with Gasteiger partial charge >= 0.3 is 11.9 Å². The lowest BCUT2D eigenvalue weighted by Crippen LogP contribution is -2.12. The summed E-state index contributed by atoms with van der Waals surface area (Å²) in [6, 6.07) is 3.42. The normalized spacial score (nSPS) is 12.2. The van der Waals surface area contributed by atoms with Crippen LogP contribution >= 0.6 is 0 Å². The fourth-order valence-corrected chi connectivity index (χ4v) is 1.80. The van der Waals surface area contributed by atoms with Gasteiger partial charge in [0.1, 0.15) is 0 Å². The highest BCUT2D eigenvalue weighted by molar-refractivity contribution is 5.74. The van der Waals surface area contributed by atoms with Crippen molar-refractivity contribution in [2.24, 2.45) is 0 Å². The molecule has 0 heterocycles. The molecule has 2 N–H and O–H groups in total. The molecule has 0 bridgehead atoms. The van der Waals surface area contributed by atoms with E-state index in [1.165, 1.54) is 12.1 Å². The van der Waals surface area contributed by atoms with Crippen LogP contribution in [0.2, 0.25) is 0 Å². The highest BCUT2D eigenvalue weighted by atomic mass is 19.3. The number of benzene rings is 1. The number of aliphatic carboxylic acids is 1. The van der Waals surface area contributed by atoms with Crippen LogP contribution in [0, 0.1) is 0 Å². The van der Waals surface area contributed by atoms with Crippen molar-refractivity contribution in [1.29, 1.82) is 0 Å². The molecule has 0 saturated carbocycles. The first kappa shape index (κ1) is 17.0. The number of aliphatic hydroxyl groups excluding tert-OH is 1. The third kappa shape index (κ3) is 5.11. The summed E-state index contributed by atoms with van der Waals surface area (Å²) in [5.41, 5.74) is -0.193. The van der Waals surface area contributed by atoms with Gasteiger partial charge in [0.2, 0.25) is 0 Å². The highest BCUT2D eigenvalue weighted by Crippen LogP contribution is 2.25. The lowest BCUT2D eigenvalue weighted by molar-refractivity contribution is -0.147. The highest BCUT2D eigenvalue weighted by Gasteiger charge is 2.19. The van der Waals surface area contributed by atoms with E-state index in [9.17, 15) is 23.5 Å². The van der Waals surface area contributed by atoms with Gasteiger partial charge in [-0.05, 0) is 30.5 Å². The van der Waals surface area contributed by atoms with E-state index in [0.717, 1.165) is 6.07 Å². The number of esters is 1. The number of rotatable bonds is 7. The van der Waals surface area contributed by atoms with Crippen LogP contribution in [0.4, 0.5) is 8.78 Å². The topological polar surface area (TPSA) is 83.8 Å². The minimum atomic E-state index is -2.80. The number of carboxylic acid groups (broad SMARTS) is 1. The third-order valence-electron chi connectivity index (χ3n) is 2.76. The summed E-state index contributed by atoms with van der Waals surface area (Å²) in [6.07, 6.45) is -4.57. The molecule has 0 aliphatic heterocycles. The summed E-state index contributed by atoms with van der Waals surface area (Å²) in [5.74, 6) is -2.00. The van der Waals surface area contributed by atoms with Gasteiger partial charge in [0.05, 0.1) is 6.61 Å². The van der Waals surface area contributed by atoms with Gasteiger partial charge in [-0.15, -0.1) is 0 Å². The molecular formula is C14H16F2O5. The molecule has 0 aliphatic rings. The first-order valence-corrected chi connectivity index (χ1v) is 6.33. The van der Waals surface area contributed by atoms with Gasteiger partial charge in [-0.1, -0.05) is 12.1 Å². The Morgan fingerprint density at radius 1 is 1.24 bits per heavy atom. The van der Waals surface area contributed by atoms with E-state index in [4.69, 9.17) is 9.84 Å². The molecule has 0 aromatic heterocycles. The summed E-state index contributed by atoms with van der Waals surface area (Å²) in [7, 11) is 0. The molecule has 0 amide bonds. The van der Waals surface area contributed by atoms with Crippen molar-refractivity contribution in [3.05, 3.63) is 34.9 Å². The molecule has 1 atom stereocenters. The molecule has 7 heteroatoms. The van der Waals surface area contributed by atoms with Crippen LogP contribution < -0.4 is 0 Å². The summed E-state index contributed by atoms with van der Waals surface area (Å²) in [6.45, 7) is 1.87. The summed E-state index contributed by atoms with van der Waals surface area (Å²) in [5, 5.41) is 18.2. The molecule has 1 rings (SSSR count). The fourth-order valence-electron chi connectivity index (χ4n) is 1.80. The Kier molecular flexibility index (Phi) is 6.23. The Bertz CT molecular complexity index is 516. The molecule has 0 aliphatic carbocycles. The summed E-state index contributed by atoms with van der Waals surface area (Å²) < 4.78 is 30.3. The molecule has 0 radical (unpaired) electrons. The van der Waals surface area contributed by atoms with Crippen molar-refractivity contribution >= 4 is 11.9 Å². The second kappa shape index (κ2) is 7.68. The lowest BCUT2D eigenvalue weighted by atomic mass is 9.99. The number of aliphatic hydroxyl groups is 1. The molecule has 1 unspecified atom stereocenters. The second-order valence-electron chi connectivity index (χ2n) is 4.35. The van der Waals surface area contributed by atoms with E-state index in [0.29, 0.717) is 5.56 Å². The zero-order chi connectivity index (χ0) is 16.0. The molecule has 116 valence electrons. The van der Waals surface area contributed by atoms with E-state index in [2.05, 4.69) is 0 Å². The van der Waals surface area contributed by atoms with Crippen molar-refractivity contribution in [2.75, 3.05) is 6.61 Å². The standard InChI is InChI=1S/C14H16F2O5/c1-2-21-11(17)4-3-8-5-9(12(18)14(19)20)7-10(6-8)13(15)16/h5-7,12-13,18H,2-4H2,1H3,(H,19,20). The summed E-state index contributed by atoms with van der Waals surface area (Å²) in [4.78, 5) is 22.0. The molecule has 1 aromatic rings. The molecule has 0 spiro atoms. The summed E-state index contributed by atoms with van der Waals surface area (Å²) >= 11 is 0.